The van der Waals surface area contributed by atoms with Crippen molar-refractivity contribution in [1.29, 1.82) is 0 Å². The first-order valence-electron chi connectivity index (χ1n) is 7.02. The summed E-state index contributed by atoms with van der Waals surface area (Å²) in [5.74, 6) is 0.122. The Kier molecular flexibility index (Phi) is 5.15. The van der Waals surface area contributed by atoms with Gasteiger partial charge in [-0.25, -0.2) is 9.79 Å². The average molecular weight is 284 g/mol. The van der Waals surface area contributed by atoms with Crippen LogP contribution < -0.4 is 16.4 Å². The third-order valence-corrected chi connectivity index (χ3v) is 3.08. The number of carbonyl (C=O) groups is 1. The van der Waals surface area contributed by atoms with Gasteiger partial charge in [0.1, 0.15) is 0 Å². The van der Waals surface area contributed by atoms with E-state index in [4.69, 9.17) is 5.73 Å². The molecule has 0 bridgehead atoms. The number of hydrogen-bond donors (Lipinski definition) is 3. The van der Waals surface area contributed by atoms with Gasteiger partial charge in [-0.2, -0.15) is 0 Å². The SMILES string of the molecule is CCCNC(=O)NC(N)=NCc1cccc2ccccc12. The molecule has 2 aromatic rings. The first-order valence-corrected chi connectivity index (χ1v) is 7.02. The molecule has 0 heterocycles. The summed E-state index contributed by atoms with van der Waals surface area (Å²) in [5.41, 5.74) is 6.79. The molecule has 0 fully saturated rings. The van der Waals surface area contributed by atoms with E-state index < -0.39 is 0 Å². The molecular formula is C16H20N4O. The number of amides is 2. The monoisotopic (exact) mass is 284 g/mol. The zero-order valence-electron chi connectivity index (χ0n) is 12.1. The van der Waals surface area contributed by atoms with Crippen LogP contribution in [-0.4, -0.2) is 18.5 Å². The standard InChI is InChI=1S/C16H20N4O/c1-2-10-18-16(21)20-15(17)19-11-13-8-5-7-12-6-3-4-9-14(12)13/h3-9H,2,10-11H2,1H3,(H4,17,18,19,20,21). The Morgan fingerprint density at radius 2 is 1.95 bits per heavy atom. The van der Waals surface area contributed by atoms with Gasteiger partial charge in [0, 0.05) is 6.54 Å². The maximum atomic E-state index is 11.5. The van der Waals surface area contributed by atoms with Crippen LogP contribution in [0.4, 0.5) is 4.79 Å². The zero-order chi connectivity index (χ0) is 15.1. The Labute approximate surface area is 124 Å². The van der Waals surface area contributed by atoms with Crippen LogP contribution in [0.3, 0.4) is 0 Å². The number of guanidine groups is 1. The highest BCUT2D eigenvalue weighted by Gasteiger charge is 2.02. The highest BCUT2D eigenvalue weighted by atomic mass is 16.2. The van der Waals surface area contributed by atoms with E-state index in [0.717, 1.165) is 22.8 Å². The predicted molar refractivity (Wildman–Crippen MR) is 86.1 cm³/mol. The second-order valence-corrected chi connectivity index (χ2v) is 4.72. The minimum atomic E-state index is -0.323. The number of carbonyl (C=O) groups excluding carboxylic acids is 1. The summed E-state index contributed by atoms with van der Waals surface area (Å²) in [7, 11) is 0. The van der Waals surface area contributed by atoms with Gasteiger partial charge in [0.05, 0.1) is 6.54 Å². The maximum absolute atomic E-state index is 11.5. The summed E-state index contributed by atoms with van der Waals surface area (Å²) in [4.78, 5) is 15.7. The average Bonchev–Trinajstić information content (AvgIpc) is 2.51. The Bertz CT molecular complexity index is 646. The second-order valence-electron chi connectivity index (χ2n) is 4.72. The van der Waals surface area contributed by atoms with Crippen LogP contribution in [0.15, 0.2) is 47.5 Å². The Balaban J connectivity index is 2.03. The topological polar surface area (TPSA) is 79.5 Å². The van der Waals surface area contributed by atoms with Crippen LogP contribution in [0.2, 0.25) is 0 Å². The fourth-order valence-electron chi connectivity index (χ4n) is 2.04. The Hall–Kier alpha value is -2.56. The molecule has 5 nitrogen and oxygen atoms in total. The molecule has 110 valence electrons. The molecule has 0 radical (unpaired) electrons. The highest BCUT2D eigenvalue weighted by Crippen LogP contribution is 2.18. The fourth-order valence-corrected chi connectivity index (χ4v) is 2.04. The molecular weight excluding hydrogens is 264 g/mol. The molecule has 0 unspecified atom stereocenters. The van der Waals surface area contributed by atoms with Gasteiger partial charge in [-0.15, -0.1) is 0 Å². The minimum absolute atomic E-state index is 0.122. The van der Waals surface area contributed by atoms with E-state index in [9.17, 15) is 4.79 Å². The summed E-state index contributed by atoms with van der Waals surface area (Å²) < 4.78 is 0. The van der Waals surface area contributed by atoms with E-state index in [0.29, 0.717) is 13.1 Å². The lowest BCUT2D eigenvalue weighted by atomic mass is 10.1. The summed E-state index contributed by atoms with van der Waals surface area (Å²) >= 11 is 0. The normalized spacial score (nSPS) is 11.4. The number of benzene rings is 2. The van der Waals surface area contributed by atoms with Gasteiger partial charge in [0.15, 0.2) is 5.96 Å². The smallest absolute Gasteiger partial charge is 0.321 e. The second kappa shape index (κ2) is 7.28. The van der Waals surface area contributed by atoms with Crippen molar-refractivity contribution in [3.63, 3.8) is 0 Å². The first-order chi connectivity index (χ1) is 10.2. The maximum Gasteiger partial charge on any atom is 0.321 e. The van der Waals surface area contributed by atoms with Crippen molar-refractivity contribution >= 4 is 22.8 Å². The van der Waals surface area contributed by atoms with Crippen LogP contribution >= 0.6 is 0 Å². The molecule has 0 aliphatic heterocycles. The van der Waals surface area contributed by atoms with E-state index >= 15 is 0 Å². The van der Waals surface area contributed by atoms with E-state index in [1.165, 1.54) is 0 Å². The molecule has 21 heavy (non-hydrogen) atoms. The third kappa shape index (κ3) is 4.21. The van der Waals surface area contributed by atoms with Crippen molar-refractivity contribution in [3.05, 3.63) is 48.0 Å². The van der Waals surface area contributed by atoms with Crippen LogP contribution in [-0.2, 0) is 6.54 Å². The number of nitrogens with one attached hydrogen (secondary N) is 2. The lowest BCUT2D eigenvalue weighted by molar-refractivity contribution is 0.245. The van der Waals surface area contributed by atoms with Gasteiger partial charge in [-0.1, -0.05) is 49.4 Å². The first kappa shape index (κ1) is 14.8. The summed E-state index contributed by atoms with van der Waals surface area (Å²) in [6.45, 7) is 3.03. The molecule has 5 heteroatoms. The largest absolute Gasteiger partial charge is 0.370 e. The molecule has 0 aromatic heterocycles. The number of urea groups is 1. The molecule has 0 aliphatic carbocycles. The molecule has 0 aliphatic rings. The lowest BCUT2D eigenvalue weighted by Gasteiger charge is -2.07. The lowest BCUT2D eigenvalue weighted by Crippen LogP contribution is -2.43. The van der Waals surface area contributed by atoms with Crippen molar-refractivity contribution in [2.45, 2.75) is 19.9 Å². The third-order valence-electron chi connectivity index (χ3n) is 3.08. The quantitative estimate of drug-likeness (QED) is 0.595. The van der Waals surface area contributed by atoms with E-state index in [1.54, 1.807) is 0 Å². The van der Waals surface area contributed by atoms with Crippen molar-refractivity contribution in [2.24, 2.45) is 10.7 Å². The van der Waals surface area contributed by atoms with Gasteiger partial charge in [0.2, 0.25) is 0 Å². The number of fused-ring (bicyclic) bond motifs is 1. The van der Waals surface area contributed by atoms with Gasteiger partial charge in [-0.3, -0.25) is 5.32 Å². The van der Waals surface area contributed by atoms with Gasteiger partial charge in [0.25, 0.3) is 0 Å². The van der Waals surface area contributed by atoms with E-state index in [2.05, 4.69) is 33.8 Å². The van der Waals surface area contributed by atoms with Crippen LogP contribution in [0.25, 0.3) is 10.8 Å². The number of aliphatic imine (C=N–C) groups is 1. The van der Waals surface area contributed by atoms with Crippen molar-refractivity contribution in [3.8, 4) is 0 Å². The van der Waals surface area contributed by atoms with Gasteiger partial charge < -0.3 is 11.1 Å². The molecule has 0 saturated carbocycles. The summed E-state index contributed by atoms with van der Waals surface area (Å²) in [6.07, 6.45) is 0.875. The van der Waals surface area contributed by atoms with Crippen molar-refractivity contribution in [2.75, 3.05) is 6.54 Å². The van der Waals surface area contributed by atoms with Crippen LogP contribution in [0.1, 0.15) is 18.9 Å². The van der Waals surface area contributed by atoms with Gasteiger partial charge in [-0.05, 0) is 22.8 Å². The number of nitrogens with two attached hydrogens (primary N) is 1. The minimum Gasteiger partial charge on any atom is -0.370 e. The van der Waals surface area contributed by atoms with Crippen LogP contribution in [0, 0.1) is 0 Å². The van der Waals surface area contributed by atoms with Crippen molar-refractivity contribution < 1.29 is 4.79 Å². The molecule has 2 amide bonds. The Morgan fingerprint density at radius 1 is 1.19 bits per heavy atom. The molecule has 0 spiro atoms. The Morgan fingerprint density at radius 3 is 2.76 bits per heavy atom. The summed E-state index contributed by atoms with van der Waals surface area (Å²) in [5, 5.41) is 7.50. The zero-order valence-corrected chi connectivity index (χ0v) is 12.1. The molecule has 4 N–H and O–H groups in total. The number of nitrogens with zero attached hydrogens (tertiary/aromatic N) is 1. The predicted octanol–water partition coefficient (Wildman–Crippen LogP) is 2.36. The highest BCUT2D eigenvalue weighted by molar-refractivity contribution is 5.95. The number of hydrogen-bond acceptors (Lipinski definition) is 2. The molecule has 0 atom stereocenters. The molecule has 2 rings (SSSR count). The summed E-state index contributed by atoms with van der Waals surface area (Å²) in [6, 6.07) is 13.8. The van der Waals surface area contributed by atoms with Gasteiger partial charge >= 0.3 is 6.03 Å². The number of rotatable bonds is 4. The molecule has 2 aromatic carbocycles. The fraction of sp³-hybridized carbons (Fsp3) is 0.250. The molecule has 0 saturated heterocycles. The van der Waals surface area contributed by atoms with Crippen LogP contribution in [0.5, 0.6) is 0 Å². The van der Waals surface area contributed by atoms with E-state index in [-0.39, 0.29) is 12.0 Å². The van der Waals surface area contributed by atoms with E-state index in [1.807, 2.05) is 31.2 Å². The van der Waals surface area contributed by atoms with Crippen molar-refractivity contribution in [1.82, 2.24) is 10.6 Å².